The van der Waals surface area contributed by atoms with Crippen LogP contribution in [-0.4, -0.2) is 58.8 Å². The van der Waals surface area contributed by atoms with Crippen LogP contribution in [0.5, 0.6) is 0 Å². The van der Waals surface area contributed by atoms with Crippen LogP contribution in [0.15, 0.2) is 28.0 Å². The zero-order chi connectivity index (χ0) is 16.0. The Labute approximate surface area is 141 Å². The molecule has 1 aliphatic rings. The number of rotatable bonds is 7. The second-order valence-electron chi connectivity index (χ2n) is 5.14. The fourth-order valence-corrected chi connectivity index (χ4v) is 4.38. The predicted molar refractivity (Wildman–Crippen MR) is 92.3 cm³/mol. The van der Waals surface area contributed by atoms with Crippen molar-refractivity contribution < 1.29 is 8.42 Å². The van der Waals surface area contributed by atoms with E-state index in [0.717, 1.165) is 44.0 Å². The fourth-order valence-electron chi connectivity index (χ4n) is 2.34. The maximum Gasteiger partial charge on any atom is 0.240 e. The van der Waals surface area contributed by atoms with E-state index in [4.69, 9.17) is 11.6 Å². The largest absolute Gasteiger partial charge is 0.314 e. The van der Waals surface area contributed by atoms with E-state index in [9.17, 15) is 8.42 Å². The van der Waals surface area contributed by atoms with Gasteiger partial charge in [-0.15, -0.1) is 11.8 Å². The van der Waals surface area contributed by atoms with Gasteiger partial charge in [0.2, 0.25) is 10.0 Å². The van der Waals surface area contributed by atoms with Crippen LogP contribution < -0.4 is 10.0 Å². The van der Waals surface area contributed by atoms with Gasteiger partial charge in [0.05, 0.1) is 9.92 Å². The zero-order valence-corrected chi connectivity index (χ0v) is 15.0. The number of benzene rings is 1. The first-order valence-corrected chi connectivity index (χ1v) is 10.4. The molecule has 22 heavy (non-hydrogen) atoms. The van der Waals surface area contributed by atoms with Gasteiger partial charge in [0, 0.05) is 37.6 Å². The van der Waals surface area contributed by atoms with Gasteiger partial charge in [-0.3, -0.25) is 0 Å². The molecule has 5 nitrogen and oxygen atoms in total. The van der Waals surface area contributed by atoms with Crippen LogP contribution in [0.1, 0.15) is 6.42 Å². The molecule has 1 heterocycles. The molecule has 0 aliphatic carbocycles. The molecule has 124 valence electrons. The number of thioether (sulfide) groups is 1. The molecule has 0 bridgehead atoms. The smallest absolute Gasteiger partial charge is 0.240 e. The summed E-state index contributed by atoms with van der Waals surface area (Å²) in [6, 6.07) is 4.84. The Morgan fingerprint density at radius 1 is 1.36 bits per heavy atom. The summed E-state index contributed by atoms with van der Waals surface area (Å²) in [6.45, 7) is 5.42. The molecule has 1 aliphatic heterocycles. The van der Waals surface area contributed by atoms with Crippen LogP contribution >= 0.6 is 23.4 Å². The van der Waals surface area contributed by atoms with Crippen molar-refractivity contribution in [1.82, 2.24) is 14.9 Å². The van der Waals surface area contributed by atoms with Crippen molar-refractivity contribution in [3.8, 4) is 0 Å². The van der Waals surface area contributed by atoms with Crippen LogP contribution in [0, 0.1) is 0 Å². The summed E-state index contributed by atoms with van der Waals surface area (Å²) in [7, 11) is -3.49. The highest BCUT2D eigenvalue weighted by Gasteiger charge is 2.15. The lowest BCUT2D eigenvalue weighted by molar-refractivity contribution is 0.239. The number of hydrogen-bond acceptors (Lipinski definition) is 5. The van der Waals surface area contributed by atoms with Crippen LogP contribution in [0.3, 0.4) is 0 Å². The van der Waals surface area contributed by atoms with Crippen LogP contribution in [-0.2, 0) is 10.0 Å². The minimum absolute atomic E-state index is 0.220. The Hall–Kier alpha value is -0.310. The molecule has 1 fully saturated rings. The summed E-state index contributed by atoms with van der Waals surface area (Å²) in [6.07, 6.45) is 2.71. The Balaban J connectivity index is 1.84. The molecule has 1 aromatic rings. The van der Waals surface area contributed by atoms with E-state index < -0.39 is 10.0 Å². The maximum absolute atomic E-state index is 12.2. The van der Waals surface area contributed by atoms with E-state index in [1.807, 2.05) is 6.26 Å². The first-order valence-electron chi connectivity index (χ1n) is 7.29. The van der Waals surface area contributed by atoms with Gasteiger partial charge < -0.3 is 10.2 Å². The Bertz CT molecular complexity index is 590. The summed E-state index contributed by atoms with van der Waals surface area (Å²) in [5, 5.41) is 3.77. The fraction of sp³-hybridized carbons (Fsp3) is 0.571. The van der Waals surface area contributed by atoms with Crippen LogP contribution in [0.25, 0.3) is 0 Å². The monoisotopic (exact) mass is 363 g/mol. The van der Waals surface area contributed by atoms with Crippen molar-refractivity contribution in [3.63, 3.8) is 0 Å². The average Bonchev–Trinajstić information content (AvgIpc) is 2.52. The number of sulfonamides is 1. The van der Waals surface area contributed by atoms with Crippen molar-refractivity contribution in [3.05, 3.63) is 23.2 Å². The third-order valence-corrected chi connectivity index (χ3v) is 6.27. The normalized spacial score (nSPS) is 16.8. The molecule has 0 unspecified atom stereocenters. The van der Waals surface area contributed by atoms with Gasteiger partial charge in [-0.1, -0.05) is 11.6 Å². The summed E-state index contributed by atoms with van der Waals surface area (Å²) in [5.41, 5.74) is 0. The average molecular weight is 364 g/mol. The lowest BCUT2D eigenvalue weighted by Crippen LogP contribution is -2.44. The molecule has 1 aromatic carbocycles. The topological polar surface area (TPSA) is 61.4 Å². The number of nitrogens with zero attached hydrogens (tertiary/aromatic N) is 1. The minimum Gasteiger partial charge on any atom is -0.314 e. The number of nitrogens with one attached hydrogen (secondary N) is 2. The van der Waals surface area contributed by atoms with Crippen molar-refractivity contribution in [2.24, 2.45) is 0 Å². The Morgan fingerprint density at radius 3 is 2.73 bits per heavy atom. The lowest BCUT2D eigenvalue weighted by atomic mass is 10.3. The van der Waals surface area contributed by atoms with Gasteiger partial charge in [-0.25, -0.2) is 13.1 Å². The summed E-state index contributed by atoms with van der Waals surface area (Å²) < 4.78 is 27.1. The molecule has 0 spiro atoms. The molecule has 0 aromatic heterocycles. The highest BCUT2D eigenvalue weighted by molar-refractivity contribution is 7.98. The lowest BCUT2D eigenvalue weighted by Gasteiger charge is -2.27. The van der Waals surface area contributed by atoms with Gasteiger partial charge in [0.15, 0.2) is 0 Å². The maximum atomic E-state index is 12.2. The van der Waals surface area contributed by atoms with Crippen molar-refractivity contribution in [2.75, 3.05) is 45.5 Å². The van der Waals surface area contributed by atoms with Gasteiger partial charge in [0.1, 0.15) is 0 Å². The third-order valence-electron chi connectivity index (χ3n) is 3.59. The zero-order valence-electron chi connectivity index (χ0n) is 12.6. The SMILES string of the molecule is CSc1ccc(S(=O)(=O)NCCCN2CCNCC2)cc1Cl. The van der Waals surface area contributed by atoms with E-state index in [1.54, 1.807) is 12.1 Å². The highest BCUT2D eigenvalue weighted by atomic mass is 35.5. The summed E-state index contributed by atoms with van der Waals surface area (Å²) in [4.78, 5) is 3.44. The molecule has 2 rings (SSSR count). The second-order valence-corrected chi connectivity index (χ2v) is 8.16. The first kappa shape index (κ1) is 18.0. The Kier molecular flexibility index (Phi) is 6.98. The minimum atomic E-state index is -3.49. The van der Waals surface area contributed by atoms with Crippen LogP contribution in [0.2, 0.25) is 5.02 Å². The highest BCUT2D eigenvalue weighted by Crippen LogP contribution is 2.27. The number of halogens is 1. The molecule has 0 atom stereocenters. The van der Waals surface area contributed by atoms with Gasteiger partial charge in [-0.2, -0.15) is 0 Å². The van der Waals surface area contributed by atoms with E-state index in [2.05, 4.69) is 14.9 Å². The van der Waals surface area contributed by atoms with E-state index in [-0.39, 0.29) is 4.90 Å². The second kappa shape index (κ2) is 8.52. The third kappa shape index (κ3) is 5.11. The molecule has 2 N–H and O–H groups in total. The molecule has 0 amide bonds. The molecule has 1 saturated heterocycles. The van der Waals surface area contributed by atoms with Crippen LogP contribution in [0.4, 0.5) is 0 Å². The van der Waals surface area contributed by atoms with E-state index >= 15 is 0 Å². The first-order chi connectivity index (χ1) is 10.5. The standard InChI is InChI=1S/C14H22ClN3O2S2/c1-21-14-4-3-12(11-13(14)15)22(19,20)17-5-2-8-18-9-6-16-7-10-18/h3-4,11,16-17H,2,5-10H2,1H3. The summed E-state index contributed by atoms with van der Waals surface area (Å²) in [5.74, 6) is 0. The van der Waals surface area contributed by atoms with Crippen molar-refractivity contribution in [1.29, 1.82) is 0 Å². The van der Waals surface area contributed by atoms with E-state index in [1.165, 1.54) is 17.8 Å². The molecular formula is C14H22ClN3O2S2. The number of piperazine rings is 1. The summed E-state index contributed by atoms with van der Waals surface area (Å²) >= 11 is 7.57. The quantitative estimate of drug-likeness (QED) is 0.569. The molecule has 0 radical (unpaired) electrons. The molecule has 0 saturated carbocycles. The van der Waals surface area contributed by atoms with Gasteiger partial charge in [0.25, 0.3) is 0 Å². The van der Waals surface area contributed by atoms with Gasteiger partial charge in [-0.05, 0) is 37.4 Å². The molecule has 8 heteroatoms. The van der Waals surface area contributed by atoms with Gasteiger partial charge >= 0.3 is 0 Å². The predicted octanol–water partition coefficient (Wildman–Crippen LogP) is 1.64. The van der Waals surface area contributed by atoms with Crippen molar-refractivity contribution in [2.45, 2.75) is 16.2 Å². The number of hydrogen-bond donors (Lipinski definition) is 2. The van der Waals surface area contributed by atoms with E-state index in [0.29, 0.717) is 11.6 Å². The van der Waals surface area contributed by atoms with Crippen molar-refractivity contribution >= 4 is 33.4 Å². The Morgan fingerprint density at radius 2 is 2.09 bits per heavy atom. The molecular weight excluding hydrogens is 342 g/mol.